The lowest BCUT2D eigenvalue weighted by molar-refractivity contribution is -0.141. The maximum absolute atomic E-state index is 12.3. The predicted octanol–water partition coefficient (Wildman–Crippen LogP) is 2.13. The highest BCUT2D eigenvalue weighted by Gasteiger charge is 2.32. The molecule has 0 spiro atoms. The maximum atomic E-state index is 12.3. The van der Waals surface area contributed by atoms with Crippen LogP contribution in [0.5, 0.6) is 0 Å². The van der Waals surface area contributed by atoms with E-state index in [1.807, 2.05) is 0 Å². The molecule has 0 fully saturated rings. The molecule has 2 unspecified atom stereocenters. The summed E-state index contributed by atoms with van der Waals surface area (Å²) in [5, 5.41) is -0.581. The molecule has 1 aromatic heterocycles. The molecular weight excluding hydrogens is 255 g/mol. The van der Waals surface area contributed by atoms with Gasteiger partial charge in [-0.1, -0.05) is 6.07 Å². The lowest BCUT2D eigenvalue weighted by atomic mass is 10.2. The molecule has 0 radical (unpaired) electrons. The van der Waals surface area contributed by atoms with Crippen molar-refractivity contribution < 1.29 is 17.4 Å². The topological polar surface area (TPSA) is 68.3 Å². The Kier molecular flexibility index (Phi) is 3.78. The minimum Gasteiger partial charge on any atom is -0.251 e. The SMILES string of the molecule is CC(c1ccc(C(F)(F)F)nc1)S(C)(=O)=NN. The monoisotopic (exact) mass is 267 g/mol. The van der Waals surface area contributed by atoms with Crippen LogP contribution in [-0.4, -0.2) is 15.4 Å². The van der Waals surface area contributed by atoms with Gasteiger partial charge in [-0.15, -0.1) is 0 Å². The molecule has 0 aliphatic heterocycles. The van der Waals surface area contributed by atoms with E-state index in [2.05, 4.69) is 9.46 Å². The van der Waals surface area contributed by atoms with Gasteiger partial charge in [0.2, 0.25) is 0 Å². The molecule has 1 heterocycles. The van der Waals surface area contributed by atoms with Crippen molar-refractivity contribution >= 4 is 9.73 Å². The Balaban J connectivity index is 3.09. The van der Waals surface area contributed by atoms with Crippen LogP contribution in [0.1, 0.15) is 23.4 Å². The summed E-state index contributed by atoms with van der Waals surface area (Å²) in [7, 11) is -2.67. The average molecular weight is 267 g/mol. The summed E-state index contributed by atoms with van der Waals surface area (Å²) >= 11 is 0. The fraction of sp³-hybridized carbons (Fsp3) is 0.444. The van der Waals surface area contributed by atoms with Crippen LogP contribution in [0, 0.1) is 0 Å². The third-order valence-electron chi connectivity index (χ3n) is 2.41. The van der Waals surface area contributed by atoms with Crippen molar-refractivity contribution in [1.29, 1.82) is 0 Å². The summed E-state index contributed by atoms with van der Waals surface area (Å²) in [5.74, 6) is 4.99. The Morgan fingerprint density at radius 3 is 2.41 bits per heavy atom. The number of halogens is 3. The van der Waals surface area contributed by atoms with E-state index in [9.17, 15) is 17.4 Å². The molecule has 4 nitrogen and oxygen atoms in total. The molecule has 17 heavy (non-hydrogen) atoms. The second-order valence-corrected chi connectivity index (χ2v) is 6.22. The van der Waals surface area contributed by atoms with E-state index < -0.39 is 26.8 Å². The number of rotatable bonds is 2. The largest absolute Gasteiger partial charge is 0.433 e. The smallest absolute Gasteiger partial charge is 0.251 e. The molecule has 1 rings (SSSR count). The van der Waals surface area contributed by atoms with Crippen LogP contribution < -0.4 is 5.84 Å². The highest BCUT2D eigenvalue weighted by atomic mass is 32.2. The molecular formula is C9H12F3N3OS. The van der Waals surface area contributed by atoms with Gasteiger partial charge >= 0.3 is 6.18 Å². The molecule has 0 amide bonds. The molecule has 0 aliphatic rings. The van der Waals surface area contributed by atoms with E-state index in [-0.39, 0.29) is 0 Å². The van der Waals surface area contributed by atoms with Crippen molar-refractivity contribution in [3.63, 3.8) is 0 Å². The van der Waals surface area contributed by atoms with E-state index in [0.717, 1.165) is 12.3 Å². The molecule has 2 N–H and O–H groups in total. The summed E-state index contributed by atoms with van der Waals surface area (Å²) in [6, 6.07) is 2.08. The zero-order valence-corrected chi connectivity index (χ0v) is 10.0. The molecule has 0 saturated heterocycles. The summed E-state index contributed by atoms with van der Waals surface area (Å²) in [6.45, 7) is 1.57. The van der Waals surface area contributed by atoms with Crippen molar-refractivity contribution in [2.45, 2.75) is 18.3 Å². The number of nitrogens with zero attached hydrogens (tertiary/aromatic N) is 2. The molecule has 0 aliphatic carbocycles. The Labute approximate surface area is 97.2 Å². The summed E-state index contributed by atoms with van der Waals surface area (Å²) in [5.41, 5.74) is -0.583. The number of pyridine rings is 1. The van der Waals surface area contributed by atoms with Gasteiger partial charge in [-0.2, -0.15) is 17.6 Å². The van der Waals surface area contributed by atoms with E-state index in [1.165, 1.54) is 12.3 Å². The number of hydrogen-bond donors (Lipinski definition) is 1. The minimum atomic E-state index is -4.48. The molecule has 1 aromatic rings. The van der Waals surface area contributed by atoms with E-state index in [1.54, 1.807) is 6.92 Å². The number of alkyl halides is 3. The van der Waals surface area contributed by atoms with Crippen LogP contribution in [-0.2, 0) is 15.9 Å². The third kappa shape index (κ3) is 3.16. The quantitative estimate of drug-likeness (QED) is 0.659. The first-order valence-corrected chi connectivity index (χ1v) is 6.60. The Morgan fingerprint density at radius 2 is 2.06 bits per heavy atom. The Bertz CT molecular complexity index is 503. The van der Waals surface area contributed by atoms with Crippen LogP contribution in [0.2, 0.25) is 0 Å². The van der Waals surface area contributed by atoms with Gasteiger partial charge in [0, 0.05) is 12.5 Å². The Hall–Kier alpha value is -1.15. The summed E-state index contributed by atoms with van der Waals surface area (Å²) < 4.78 is 51.8. The van der Waals surface area contributed by atoms with Gasteiger partial charge in [-0.3, -0.25) is 4.98 Å². The molecule has 0 bridgehead atoms. The van der Waals surface area contributed by atoms with Crippen LogP contribution in [0.3, 0.4) is 0 Å². The van der Waals surface area contributed by atoms with Gasteiger partial charge in [0.25, 0.3) is 0 Å². The molecule has 96 valence electrons. The van der Waals surface area contributed by atoms with Gasteiger partial charge < -0.3 is 0 Å². The lowest BCUT2D eigenvalue weighted by Gasteiger charge is -2.13. The third-order valence-corrected chi connectivity index (χ3v) is 4.41. The molecule has 0 saturated carbocycles. The fourth-order valence-electron chi connectivity index (χ4n) is 1.16. The van der Waals surface area contributed by atoms with Gasteiger partial charge in [0.05, 0.1) is 15.0 Å². The maximum Gasteiger partial charge on any atom is 0.433 e. The fourth-order valence-corrected chi connectivity index (χ4v) is 1.98. The second-order valence-electron chi connectivity index (χ2n) is 3.58. The van der Waals surface area contributed by atoms with Crippen LogP contribution >= 0.6 is 0 Å². The predicted molar refractivity (Wildman–Crippen MR) is 58.3 cm³/mol. The van der Waals surface area contributed by atoms with Crippen molar-refractivity contribution in [3.05, 3.63) is 29.6 Å². The first-order chi connectivity index (χ1) is 7.68. The van der Waals surface area contributed by atoms with Gasteiger partial charge in [0.15, 0.2) is 0 Å². The molecule has 0 aromatic carbocycles. The Morgan fingerprint density at radius 1 is 1.47 bits per heavy atom. The number of nitrogens with two attached hydrogens (primary N) is 1. The van der Waals surface area contributed by atoms with Crippen molar-refractivity contribution in [1.82, 2.24) is 4.98 Å². The molecule has 8 heteroatoms. The summed E-state index contributed by atoms with van der Waals surface area (Å²) in [6.07, 6.45) is -2.09. The van der Waals surface area contributed by atoms with E-state index >= 15 is 0 Å². The second kappa shape index (κ2) is 4.61. The van der Waals surface area contributed by atoms with E-state index in [4.69, 9.17) is 5.84 Å². The van der Waals surface area contributed by atoms with Crippen molar-refractivity contribution in [2.75, 3.05) is 6.26 Å². The minimum absolute atomic E-state index is 0.403. The lowest BCUT2D eigenvalue weighted by Crippen LogP contribution is -2.12. The number of aromatic nitrogens is 1. The number of hydrogen-bond acceptors (Lipinski definition) is 3. The van der Waals surface area contributed by atoms with Gasteiger partial charge in [0.1, 0.15) is 5.69 Å². The normalized spacial score (nSPS) is 17.3. The van der Waals surface area contributed by atoms with Crippen LogP contribution in [0.25, 0.3) is 0 Å². The standard InChI is InChI=1S/C9H12F3N3OS/c1-6(17(2,16)15-13)7-3-4-8(14-5-7)9(10,11)12/h3-6H,13H2,1-2H3. The van der Waals surface area contributed by atoms with Crippen molar-refractivity contribution in [2.24, 2.45) is 10.3 Å². The highest BCUT2D eigenvalue weighted by Crippen LogP contribution is 2.29. The zero-order chi connectivity index (χ0) is 13.3. The first-order valence-electron chi connectivity index (χ1n) is 4.62. The average Bonchev–Trinajstić information content (AvgIpc) is 2.27. The van der Waals surface area contributed by atoms with Crippen LogP contribution in [0.15, 0.2) is 22.8 Å². The van der Waals surface area contributed by atoms with Gasteiger partial charge in [-0.05, 0) is 18.6 Å². The van der Waals surface area contributed by atoms with E-state index in [0.29, 0.717) is 5.56 Å². The zero-order valence-electron chi connectivity index (χ0n) is 9.23. The molecule has 2 atom stereocenters. The van der Waals surface area contributed by atoms with Gasteiger partial charge in [-0.25, -0.2) is 10.1 Å². The first kappa shape index (κ1) is 13.9. The van der Waals surface area contributed by atoms with Crippen molar-refractivity contribution in [3.8, 4) is 0 Å². The van der Waals surface area contributed by atoms with Crippen LogP contribution in [0.4, 0.5) is 13.2 Å². The highest BCUT2D eigenvalue weighted by molar-refractivity contribution is 7.93. The summed E-state index contributed by atoms with van der Waals surface area (Å²) in [4.78, 5) is 3.29.